The first-order chi connectivity index (χ1) is 14.5. The molecule has 1 heterocycles. The summed E-state index contributed by atoms with van der Waals surface area (Å²) in [6.07, 6.45) is -2.22. The Hall–Kier alpha value is -1.68. The summed E-state index contributed by atoms with van der Waals surface area (Å²) in [6, 6.07) is 14.6. The van der Waals surface area contributed by atoms with E-state index in [1.165, 1.54) is 0 Å². The van der Waals surface area contributed by atoms with E-state index in [0.29, 0.717) is 10.6 Å². The zero-order valence-electron chi connectivity index (χ0n) is 15.8. The van der Waals surface area contributed by atoms with E-state index in [9.17, 15) is 22.8 Å². The summed E-state index contributed by atoms with van der Waals surface area (Å²) < 4.78 is 32.5. The number of hydrogen-bond donors (Lipinski definition) is 1. The molecule has 1 aromatic heterocycles. The van der Waals surface area contributed by atoms with Crippen molar-refractivity contribution in [3.8, 4) is 11.4 Å². The Morgan fingerprint density at radius 3 is 1.97 bits per heavy atom. The number of aldehydes is 1. The first kappa shape index (κ1) is 27.4. The van der Waals surface area contributed by atoms with Crippen molar-refractivity contribution in [3.05, 3.63) is 76.0 Å². The Bertz CT molecular complexity index is 1010. The van der Waals surface area contributed by atoms with Crippen LogP contribution in [-0.2, 0) is 4.79 Å². The molecule has 3 rings (SSSR count). The molecule has 0 spiro atoms. The van der Waals surface area contributed by atoms with Gasteiger partial charge in [0.25, 0.3) is 5.78 Å². The number of benzene rings is 2. The number of imidazole rings is 1. The molecule has 0 bridgehead atoms. The average Bonchev–Trinajstić information content (AvgIpc) is 3.14. The van der Waals surface area contributed by atoms with Crippen molar-refractivity contribution >= 4 is 67.1 Å². The van der Waals surface area contributed by atoms with Gasteiger partial charge in [0.15, 0.2) is 6.29 Å². The van der Waals surface area contributed by atoms with Gasteiger partial charge in [-0.15, -0.1) is 0 Å². The molecular weight excluding hydrogens is 588 g/mol. The second-order valence-corrected chi connectivity index (χ2v) is 9.57. The van der Waals surface area contributed by atoms with Crippen molar-refractivity contribution in [2.75, 3.05) is 0 Å². The summed E-state index contributed by atoms with van der Waals surface area (Å²) in [7, 11) is 0. The number of H-pyrrole nitrogens is 1. The monoisotopic (exact) mass is 600 g/mol. The van der Waals surface area contributed by atoms with Gasteiger partial charge in [-0.2, -0.15) is 13.2 Å². The van der Waals surface area contributed by atoms with Gasteiger partial charge in [-0.25, -0.2) is 4.98 Å². The standard InChI is InChI=1S/C10H9ClN2.C7H5ClO.C3HBr2F3O/c1-7-6-12-10(13-7)8-4-2-3-5-9(8)11;8-7-4-2-1-3-6(7)5-9;4-2(5)1(9)3(6,7)8/h2-6H,1H3,(H,12,13);1-5H;2H. The molecule has 31 heavy (non-hydrogen) atoms. The van der Waals surface area contributed by atoms with E-state index in [2.05, 4.69) is 41.8 Å². The number of alkyl halides is 5. The molecular formula is C20H15Br2Cl2F3N2O2. The Balaban J connectivity index is 0.000000240. The number of Topliss-reactive ketones (excluding diaryl/α,β-unsaturated/α-hetero) is 1. The summed E-state index contributed by atoms with van der Waals surface area (Å²) in [5.74, 6) is -1.01. The van der Waals surface area contributed by atoms with Gasteiger partial charge in [-0.05, 0) is 25.1 Å². The first-order valence-electron chi connectivity index (χ1n) is 8.32. The molecule has 0 amide bonds. The van der Waals surface area contributed by atoms with Gasteiger partial charge < -0.3 is 4.98 Å². The normalized spacial score (nSPS) is 10.5. The quantitative estimate of drug-likeness (QED) is 0.251. The molecule has 0 unspecified atom stereocenters. The number of nitrogens with zero attached hydrogens (tertiary/aromatic N) is 1. The number of carbonyl (C=O) groups excluding carboxylic acids is 2. The van der Waals surface area contributed by atoms with Crippen LogP contribution in [0.2, 0.25) is 10.0 Å². The Morgan fingerprint density at radius 1 is 1.06 bits per heavy atom. The number of aromatic amines is 1. The summed E-state index contributed by atoms with van der Waals surface area (Å²) in [6.45, 7) is 1.97. The van der Waals surface area contributed by atoms with Crippen molar-refractivity contribution < 1.29 is 22.8 Å². The van der Waals surface area contributed by atoms with Gasteiger partial charge in [0.05, 0.1) is 10.0 Å². The minimum absolute atomic E-state index is 0.507. The van der Waals surface area contributed by atoms with Gasteiger partial charge >= 0.3 is 6.18 Å². The van der Waals surface area contributed by atoms with E-state index in [1.807, 2.05) is 31.2 Å². The van der Waals surface area contributed by atoms with E-state index in [4.69, 9.17) is 23.2 Å². The molecule has 166 valence electrons. The number of hydrogen-bond acceptors (Lipinski definition) is 3. The van der Waals surface area contributed by atoms with Gasteiger partial charge in [-0.3, -0.25) is 9.59 Å². The van der Waals surface area contributed by atoms with Crippen molar-refractivity contribution in [1.29, 1.82) is 0 Å². The molecule has 0 aliphatic carbocycles. The van der Waals surface area contributed by atoms with Crippen LogP contribution in [0.3, 0.4) is 0 Å². The number of carbonyl (C=O) groups is 2. The van der Waals surface area contributed by atoms with Crippen LogP contribution in [0.15, 0.2) is 54.7 Å². The summed E-state index contributed by atoms with van der Waals surface area (Å²) in [5, 5.41) is 1.23. The van der Waals surface area contributed by atoms with Crippen LogP contribution in [0.1, 0.15) is 16.1 Å². The van der Waals surface area contributed by atoms with E-state index in [0.717, 1.165) is 28.4 Å². The minimum atomic E-state index is -4.75. The molecule has 0 fully saturated rings. The molecule has 0 aliphatic rings. The Kier molecular flexibility index (Phi) is 11.5. The van der Waals surface area contributed by atoms with Crippen LogP contribution in [0, 0.1) is 6.92 Å². The van der Waals surface area contributed by atoms with Crippen LogP contribution >= 0.6 is 55.1 Å². The van der Waals surface area contributed by atoms with Crippen molar-refractivity contribution in [2.45, 2.75) is 16.8 Å². The van der Waals surface area contributed by atoms with E-state index < -0.39 is 15.7 Å². The highest BCUT2D eigenvalue weighted by atomic mass is 79.9. The first-order valence-corrected chi connectivity index (χ1v) is 10.9. The molecule has 1 N–H and O–H groups in total. The molecule has 2 aromatic carbocycles. The third-order valence-corrected chi connectivity index (χ3v) is 4.85. The number of ketones is 1. The predicted octanol–water partition coefficient (Wildman–Crippen LogP) is 7.42. The van der Waals surface area contributed by atoms with Gasteiger partial charge in [0.2, 0.25) is 0 Å². The third-order valence-electron chi connectivity index (χ3n) is 3.34. The molecule has 0 radical (unpaired) electrons. The summed E-state index contributed by atoms with van der Waals surface area (Å²) in [5.41, 5.74) is 2.52. The van der Waals surface area contributed by atoms with E-state index in [-0.39, 0.29) is 0 Å². The zero-order chi connectivity index (χ0) is 23.6. The number of halogens is 7. The highest BCUT2D eigenvalue weighted by Gasteiger charge is 2.41. The van der Waals surface area contributed by atoms with Crippen LogP contribution in [-0.4, -0.2) is 32.0 Å². The van der Waals surface area contributed by atoms with Crippen LogP contribution in [0.25, 0.3) is 11.4 Å². The molecule has 3 aromatic rings. The summed E-state index contributed by atoms with van der Waals surface area (Å²) >= 11 is 16.4. The molecule has 11 heteroatoms. The molecule has 4 nitrogen and oxygen atoms in total. The Morgan fingerprint density at radius 2 is 1.61 bits per heavy atom. The van der Waals surface area contributed by atoms with Crippen molar-refractivity contribution in [2.24, 2.45) is 0 Å². The lowest BCUT2D eigenvalue weighted by Crippen LogP contribution is -2.27. The minimum Gasteiger partial charge on any atom is -0.342 e. The maximum Gasteiger partial charge on any atom is 0.452 e. The highest BCUT2D eigenvalue weighted by Crippen LogP contribution is 2.25. The highest BCUT2D eigenvalue weighted by molar-refractivity contribution is 9.25. The lowest BCUT2D eigenvalue weighted by atomic mass is 10.2. The number of nitrogens with one attached hydrogen (secondary N) is 1. The topological polar surface area (TPSA) is 62.8 Å². The second-order valence-electron chi connectivity index (χ2n) is 5.70. The maximum atomic E-state index is 11.3. The van der Waals surface area contributed by atoms with E-state index >= 15 is 0 Å². The van der Waals surface area contributed by atoms with Gasteiger partial charge in [0.1, 0.15) is 9.56 Å². The number of rotatable bonds is 3. The lowest BCUT2D eigenvalue weighted by molar-refractivity contribution is -0.168. The SMILES string of the molecule is Cc1cnc(-c2ccccc2Cl)[nH]1.O=C(C(Br)Br)C(F)(F)F.O=Cc1ccccc1Cl. The summed E-state index contributed by atoms with van der Waals surface area (Å²) in [4.78, 5) is 27.4. The second kappa shape index (κ2) is 13.0. The van der Waals surface area contributed by atoms with Crippen LogP contribution in [0.5, 0.6) is 0 Å². The van der Waals surface area contributed by atoms with Crippen molar-refractivity contribution in [3.63, 3.8) is 0 Å². The number of aromatic nitrogens is 2. The molecule has 0 saturated heterocycles. The fraction of sp³-hybridized carbons (Fsp3) is 0.150. The fourth-order valence-corrected chi connectivity index (χ4v) is 2.82. The lowest BCUT2D eigenvalue weighted by Gasteiger charge is -2.03. The van der Waals surface area contributed by atoms with Gasteiger partial charge in [-0.1, -0.05) is 85.4 Å². The van der Waals surface area contributed by atoms with Gasteiger partial charge in [0, 0.05) is 23.0 Å². The maximum absolute atomic E-state index is 11.3. The Labute approximate surface area is 203 Å². The zero-order valence-corrected chi connectivity index (χ0v) is 20.4. The smallest absolute Gasteiger partial charge is 0.342 e. The van der Waals surface area contributed by atoms with E-state index in [1.54, 1.807) is 30.5 Å². The van der Waals surface area contributed by atoms with Crippen molar-refractivity contribution in [1.82, 2.24) is 9.97 Å². The molecule has 0 atom stereocenters. The third kappa shape index (κ3) is 9.55. The average molecular weight is 603 g/mol. The largest absolute Gasteiger partial charge is 0.452 e. The van der Waals surface area contributed by atoms with Crippen LogP contribution < -0.4 is 0 Å². The molecule has 0 aliphatic heterocycles. The number of aryl methyl sites for hydroxylation is 1. The van der Waals surface area contributed by atoms with Crippen LogP contribution in [0.4, 0.5) is 13.2 Å². The predicted molar refractivity (Wildman–Crippen MR) is 123 cm³/mol. The molecule has 0 saturated carbocycles. The fourth-order valence-electron chi connectivity index (χ4n) is 1.90.